The van der Waals surface area contributed by atoms with E-state index in [9.17, 15) is 0 Å². The van der Waals surface area contributed by atoms with Crippen molar-refractivity contribution < 1.29 is 0 Å². The molecule has 4 aromatic rings. The van der Waals surface area contributed by atoms with Crippen LogP contribution in [0.2, 0.25) is 0 Å². The van der Waals surface area contributed by atoms with Crippen LogP contribution in [0.15, 0.2) is 55.0 Å². The fourth-order valence-electron chi connectivity index (χ4n) is 4.26. The van der Waals surface area contributed by atoms with Gasteiger partial charge in [0, 0.05) is 23.8 Å². The molecule has 1 saturated carbocycles. The fraction of sp³-hybridized carbons (Fsp3) is 0.300. The minimum atomic E-state index is 0.448. The Morgan fingerprint density at radius 3 is 2.80 bits per heavy atom. The van der Waals surface area contributed by atoms with Crippen molar-refractivity contribution >= 4 is 22.4 Å². The third kappa shape index (κ3) is 2.38. The number of para-hydroxylation sites is 1. The number of nitrogens with zero attached hydrogens (tertiary/aromatic N) is 3. The van der Waals surface area contributed by atoms with E-state index >= 15 is 0 Å². The second-order valence-corrected chi connectivity index (χ2v) is 7.11. The zero-order chi connectivity index (χ0) is 16.8. The molecule has 1 fully saturated rings. The molecule has 1 aromatic carbocycles. The summed E-state index contributed by atoms with van der Waals surface area (Å²) in [7, 11) is 0. The number of rotatable bonds is 3. The Balaban J connectivity index is 1.49. The molecule has 0 spiro atoms. The summed E-state index contributed by atoms with van der Waals surface area (Å²) in [6, 6.07) is 13.1. The van der Waals surface area contributed by atoms with E-state index in [1.165, 1.54) is 5.69 Å². The van der Waals surface area contributed by atoms with Gasteiger partial charge in [0.15, 0.2) is 5.65 Å². The van der Waals surface area contributed by atoms with Crippen LogP contribution in [0.25, 0.3) is 16.7 Å². The van der Waals surface area contributed by atoms with E-state index in [4.69, 9.17) is 4.98 Å². The first-order valence-electron chi connectivity index (χ1n) is 8.90. The number of benzene rings is 1. The number of aromatic nitrogens is 4. The Kier molecular flexibility index (Phi) is 3.26. The van der Waals surface area contributed by atoms with E-state index in [1.54, 1.807) is 0 Å². The highest BCUT2D eigenvalue weighted by atomic mass is 15.1. The molecule has 3 aromatic heterocycles. The molecule has 5 nitrogen and oxygen atoms in total. The molecule has 1 aliphatic rings. The van der Waals surface area contributed by atoms with Gasteiger partial charge in [0.1, 0.15) is 5.82 Å². The van der Waals surface area contributed by atoms with Gasteiger partial charge in [-0.3, -0.25) is 4.40 Å². The summed E-state index contributed by atoms with van der Waals surface area (Å²) in [5.41, 5.74) is 4.28. The number of fused-ring (bicyclic) bond motifs is 3. The molecule has 5 rings (SSSR count). The van der Waals surface area contributed by atoms with Crippen molar-refractivity contribution in [3.63, 3.8) is 0 Å². The standard InChI is InChI=1S/C20H21N5/c1-13-9-15(24-14-5-3-2-4-6-14)10-17(13)20-23-12-16-11-22-19-18(25(16)20)7-8-21-19/h2-8,11-13,15,17,21,24H,9-10H2,1H3. The van der Waals surface area contributed by atoms with Crippen molar-refractivity contribution in [2.24, 2.45) is 5.92 Å². The molecule has 0 aliphatic heterocycles. The first-order valence-corrected chi connectivity index (χ1v) is 8.90. The SMILES string of the molecule is CC1CC(Nc2ccccc2)CC1c1ncc2cnc3[nH]ccc3n12. The second-order valence-electron chi connectivity index (χ2n) is 7.11. The first-order chi connectivity index (χ1) is 12.3. The zero-order valence-electron chi connectivity index (χ0n) is 14.2. The normalized spacial score (nSPS) is 23.5. The molecule has 0 bridgehead atoms. The van der Waals surface area contributed by atoms with Gasteiger partial charge in [-0.15, -0.1) is 0 Å². The molecule has 3 heterocycles. The monoisotopic (exact) mass is 331 g/mol. The summed E-state index contributed by atoms with van der Waals surface area (Å²) in [5.74, 6) is 2.20. The molecule has 0 saturated heterocycles. The third-order valence-electron chi connectivity index (χ3n) is 5.44. The van der Waals surface area contributed by atoms with E-state index in [0.29, 0.717) is 17.9 Å². The highest BCUT2D eigenvalue weighted by Crippen LogP contribution is 2.40. The largest absolute Gasteiger partial charge is 0.382 e. The number of H-pyrrole nitrogens is 1. The lowest BCUT2D eigenvalue weighted by Crippen LogP contribution is -2.15. The van der Waals surface area contributed by atoms with E-state index in [0.717, 1.165) is 35.3 Å². The lowest BCUT2D eigenvalue weighted by atomic mass is 9.97. The molecular weight excluding hydrogens is 310 g/mol. The van der Waals surface area contributed by atoms with Crippen LogP contribution in [-0.4, -0.2) is 25.4 Å². The average Bonchev–Trinajstić information content (AvgIpc) is 3.32. The van der Waals surface area contributed by atoms with Gasteiger partial charge in [0.05, 0.1) is 23.4 Å². The highest BCUT2D eigenvalue weighted by molar-refractivity contribution is 5.75. The van der Waals surface area contributed by atoms with Gasteiger partial charge >= 0.3 is 0 Å². The number of nitrogens with one attached hydrogen (secondary N) is 2. The van der Waals surface area contributed by atoms with Crippen molar-refractivity contribution in [1.29, 1.82) is 0 Å². The topological polar surface area (TPSA) is 58.0 Å². The smallest absolute Gasteiger partial charge is 0.154 e. The van der Waals surface area contributed by atoms with Crippen molar-refractivity contribution in [2.45, 2.75) is 31.7 Å². The quantitative estimate of drug-likeness (QED) is 0.591. The molecule has 126 valence electrons. The summed E-state index contributed by atoms with van der Waals surface area (Å²) >= 11 is 0. The predicted octanol–water partition coefficient (Wildman–Crippen LogP) is 4.20. The van der Waals surface area contributed by atoms with Crippen LogP contribution in [0, 0.1) is 5.92 Å². The number of imidazole rings is 1. The Labute approximate surface area is 146 Å². The molecule has 25 heavy (non-hydrogen) atoms. The maximum atomic E-state index is 4.78. The van der Waals surface area contributed by atoms with Gasteiger partial charge in [-0.05, 0) is 37.0 Å². The predicted molar refractivity (Wildman–Crippen MR) is 99.8 cm³/mol. The van der Waals surface area contributed by atoms with Crippen LogP contribution in [0.5, 0.6) is 0 Å². The molecule has 3 atom stereocenters. The molecular formula is C20H21N5. The van der Waals surface area contributed by atoms with Gasteiger partial charge in [-0.2, -0.15) is 0 Å². The van der Waals surface area contributed by atoms with Crippen LogP contribution in [0.1, 0.15) is 31.5 Å². The Morgan fingerprint density at radius 2 is 1.92 bits per heavy atom. The van der Waals surface area contributed by atoms with Crippen LogP contribution in [-0.2, 0) is 0 Å². The summed E-state index contributed by atoms with van der Waals surface area (Å²) in [5, 5.41) is 3.69. The van der Waals surface area contributed by atoms with Gasteiger partial charge in [0.25, 0.3) is 0 Å². The van der Waals surface area contributed by atoms with Crippen molar-refractivity contribution in [1.82, 2.24) is 19.4 Å². The lowest BCUT2D eigenvalue weighted by molar-refractivity contribution is 0.509. The number of aromatic amines is 1. The van der Waals surface area contributed by atoms with E-state index in [1.807, 2.05) is 18.6 Å². The Morgan fingerprint density at radius 1 is 1.08 bits per heavy atom. The number of hydrogen-bond acceptors (Lipinski definition) is 3. The molecule has 1 aliphatic carbocycles. The van der Waals surface area contributed by atoms with Crippen molar-refractivity contribution in [2.75, 3.05) is 5.32 Å². The lowest BCUT2D eigenvalue weighted by Gasteiger charge is -2.15. The van der Waals surface area contributed by atoms with Crippen molar-refractivity contribution in [3.8, 4) is 0 Å². The second kappa shape index (κ2) is 5.62. The van der Waals surface area contributed by atoms with E-state index < -0.39 is 0 Å². The summed E-state index contributed by atoms with van der Waals surface area (Å²) in [6.07, 6.45) is 8.05. The zero-order valence-corrected chi connectivity index (χ0v) is 14.2. The highest BCUT2D eigenvalue weighted by Gasteiger charge is 2.35. The van der Waals surface area contributed by atoms with E-state index in [-0.39, 0.29) is 0 Å². The molecule has 0 amide bonds. The Bertz CT molecular complexity index is 1020. The van der Waals surface area contributed by atoms with Crippen molar-refractivity contribution in [3.05, 3.63) is 60.8 Å². The van der Waals surface area contributed by atoms with E-state index in [2.05, 4.69) is 63.0 Å². The van der Waals surface area contributed by atoms with Gasteiger partial charge in [-0.1, -0.05) is 25.1 Å². The Hall–Kier alpha value is -2.82. The maximum absolute atomic E-state index is 4.78. The number of anilines is 1. The minimum absolute atomic E-state index is 0.448. The van der Waals surface area contributed by atoms with Crippen LogP contribution < -0.4 is 5.32 Å². The summed E-state index contributed by atoms with van der Waals surface area (Å²) in [4.78, 5) is 12.5. The summed E-state index contributed by atoms with van der Waals surface area (Å²) in [6.45, 7) is 2.34. The molecule has 3 unspecified atom stereocenters. The van der Waals surface area contributed by atoms with Gasteiger partial charge in [0.2, 0.25) is 0 Å². The fourth-order valence-corrected chi connectivity index (χ4v) is 4.26. The number of hydrogen-bond donors (Lipinski definition) is 2. The molecule has 0 radical (unpaired) electrons. The first kappa shape index (κ1) is 14.5. The summed E-state index contributed by atoms with van der Waals surface area (Å²) < 4.78 is 2.27. The van der Waals surface area contributed by atoms with Crippen LogP contribution in [0.3, 0.4) is 0 Å². The molecule has 5 heteroatoms. The van der Waals surface area contributed by atoms with Gasteiger partial charge < -0.3 is 10.3 Å². The van der Waals surface area contributed by atoms with Crippen LogP contribution >= 0.6 is 0 Å². The minimum Gasteiger partial charge on any atom is -0.382 e. The molecule has 2 N–H and O–H groups in total. The maximum Gasteiger partial charge on any atom is 0.154 e. The van der Waals surface area contributed by atoms with Gasteiger partial charge in [-0.25, -0.2) is 9.97 Å². The average molecular weight is 331 g/mol. The third-order valence-corrected chi connectivity index (χ3v) is 5.44. The van der Waals surface area contributed by atoms with Crippen LogP contribution in [0.4, 0.5) is 5.69 Å².